The molecule has 0 radical (unpaired) electrons. The Kier molecular flexibility index (Phi) is 11.3. The second-order valence-corrected chi connectivity index (χ2v) is 13.5. The number of thioether (sulfide) groups is 1. The van der Waals surface area contributed by atoms with Crippen molar-refractivity contribution in [2.45, 2.75) is 72.9 Å². The predicted molar refractivity (Wildman–Crippen MR) is 175 cm³/mol. The standard InChI is InChI=1S/C32H32Cl2O14S/c33-17-3-1-5-19-15(17)7-13(29(41)45-19)11-43-27-23(37)21(9-35)47-31(25(27)39)49-32-26(40)28(24(38)22(10-36)48-32)44-12-14-8-16-18(34)4-2-6-20(16)46-30(14)42/h1-8,21-28,31-32,35-40H,9-12H2/t21-,22-,23+,24+,25-,26-,27+,28+,31+,32+/m1/s1. The first kappa shape index (κ1) is 36.2. The summed E-state index contributed by atoms with van der Waals surface area (Å²) in [6, 6.07) is 12.6. The highest BCUT2D eigenvalue weighted by Gasteiger charge is 2.51. The number of ether oxygens (including phenoxy) is 4. The first-order valence-electron chi connectivity index (χ1n) is 15.1. The zero-order chi connectivity index (χ0) is 35.0. The molecule has 6 N–H and O–H groups in total. The summed E-state index contributed by atoms with van der Waals surface area (Å²) in [7, 11) is 0. The van der Waals surface area contributed by atoms with E-state index in [0.29, 0.717) is 20.8 Å². The summed E-state index contributed by atoms with van der Waals surface area (Å²) in [5, 5.41) is 65.7. The molecule has 2 saturated heterocycles. The van der Waals surface area contributed by atoms with E-state index in [1.165, 1.54) is 12.1 Å². The first-order valence-corrected chi connectivity index (χ1v) is 16.8. The number of benzene rings is 2. The molecular weight excluding hydrogens is 711 g/mol. The van der Waals surface area contributed by atoms with Gasteiger partial charge < -0.3 is 58.4 Å². The van der Waals surface area contributed by atoms with Crippen molar-refractivity contribution in [1.82, 2.24) is 0 Å². The van der Waals surface area contributed by atoms with Crippen LogP contribution in [0.2, 0.25) is 10.0 Å². The predicted octanol–water partition coefficient (Wildman–Crippen LogP) is 1.29. The maximum absolute atomic E-state index is 12.6. The van der Waals surface area contributed by atoms with Gasteiger partial charge in [0, 0.05) is 10.8 Å². The number of aliphatic hydroxyl groups is 6. The Labute approximate surface area is 291 Å². The smallest absolute Gasteiger partial charge is 0.341 e. The molecule has 17 heteroatoms. The Hall–Kier alpha value is -2.61. The van der Waals surface area contributed by atoms with Crippen LogP contribution in [0, 0.1) is 0 Å². The molecule has 49 heavy (non-hydrogen) atoms. The second-order valence-electron chi connectivity index (χ2n) is 11.5. The van der Waals surface area contributed by atoms with Crippen molar-refractivity contribution in [2.24, 2.45) is 0 Å². The van der Waals surface area contributed by atoms with Crippen LogP contribution in [0.1, 0.15) is 11.1 Å². The molecule has 0 bridgehead atoms. The highest BCUT2D eigenvalue weighted by molar-refractivity contribution is 8.00. The van der Waals surface area contributed by atoms with Crippen LogP contribution in [-0.2, 0) is 32.2 Å². The van der Waals surface area contributed by atoms with Crippen molar-refractivity contribution >= 4 is 56.9 Å². The minimum absolute atomic E-state index is 0.0461. The second kappa shape index (κ2) is 15.3. The van der Waals surface area contributed by atoms with Gasteiger partial charge in [0.05, 0.1) is 47.6 Å². The van der Waals surface area contributed by atoms with E-state index in [1.807, 2.05) is 0 Å². The van der Waals surface area contributed by atoms with Crippen molar-refractivity contribution in [1.29, 1.82) is 0 Å². The van der Waals surface area contributed by atoms with E-state index >= 15 is 0 Å². The van der Waals surface area contributed by atoms with Gasteiger partial charge in [-0.05, 0) is 36.4 Å². The summed E-state index contributed by atoms with van der Waals surface area (Å²) in [6.45, 7) is -2.20. The molecule has 4 heterocycles. The van der Waals surface area contributed by atoms with Crippen LogP contribution < -0.4 is 11.3 Å². The van der Waals surface area contributed by atoms with Crippen LogP contribution in [0.25, 0.3) is 21.9 Å². The number of aliphatic hydroxyl groups excluding tert-OH is 6. The maximum Gasteiger partial charge on any atom is 0.341 e. The van der Waals surface area contributed by atoms with Crippen LogP contribution in [0.15, 0.2) is 67.0 Å². The van der Waals surface area contributed by atoms with Crippen LogP contribution in [0.5, 0.6) is 0 Å². The fourth-order valence-electron chi connectivity index (χ4n) is 5.72. The molecule has 14 nitrogen and oxygen atoms in total. The van der Waals surface area contributed by atoms with Gasteiger partial charge in [0.1, 0.15) is 70.9 Å². The summed E-state index contributed by atoms with van der Waals surface area (Å²) < 4.78 is 33.7. The molecule has 2 aliphatic rings. The maximum atomic E-state index is 12.6. The SMILES string of the molecule is O=c1oc2cccc(Cl)c2cc1CO[C@H]1[C@@H](O)[C@@H](CO)O[C@@H](S[C@@H]2O[C@H](CO)[C@H](O)[C@H](OCc3cc4c(Cl)cccc4oc3=O)[C@H]2O)[C@@H]1O. The molecule has 2 aromatic heterocycles. The third-order valence-corrected chi connectivity index (χ3v) is 10.3. The van der Waals surface area contributed by atoms with E-state index in [-0.39, 0.29) is 22.3 Å². The van der Waals surface area contributed by atoms with Crippen LogP contribution >= 0.6 is 35.0 Å². The lowest BCUT2D eigenvalue weighted by Crippen LogP contribution is -2.61. The van der Waals surface area contributed by atoms with Gasteiger partial charge in [-0.25, -0.2) is 9.59 Å². The minimum atomic E-state index is -1.61. The van der Waals surface area contributed by atoms with E-state index < -0.39 is 97.4 Å². The molecule has 0 unspecified atom stereocenters. The van der Waals surface area contributed by atoms with E-state index in [4.69, 9.17) is 51.0 Å². The van der Waals surface area contributed by atoms with Gasteiger partial charge in [-0.3, -0.25) is 0 Å². The van der Waals surface area contributed by atoms with Crippen molar-refractivity contribution in [3.8, 4) is 0 Å². The monoisotopic (exact) mass is 742 g/mol. The van der Waals surface area contributed by atoms with Crippen molar-refractivity contribution < 1.29 is 58.4 Å². The quantitative estimate of drug-likeness (QED) is 0.126. The fourth-order valence-corrected chi connectivity index (χ4v) is 7.47. The molecule has 0 saturated carbocycles. The average molecular weight is 744 g/mol. The molecule has 4 aromatic rings. The summed E-state index contributed by atoms with van der Waals surface area (Å²) in [5.41, 5.74) is -3.45. The van der Waals surface area contributed by atoms with Gasteiger partial charge in [0.15, 0.2) is 0 Å². The van der Waals surface area contributed by atoms with Crippen LogP contribution in [0.3, 0.4) is 0 Å². The number of halogens is 2. The van der Waals surface area contributed by atoms with E-state index in [0.717, 1.165) is 11.8 Å². The summed E-state index contributed by atoms with van der Waals surface area (Å²) in [5.74, 6) is 0. The first-order chi connectivity index (χ1) is 23.5. The highest BCUT2D eigenvalue weighted by Crippen LogP contribution is 2.38. The van der Waals surface area contributed by atoms with Crippen molar-refractivity contribution in [3.63, 3.8) is 0 Å². The minimum Gasteiger partial charge on any atom is -0.422 e. The Morgan fingerprint density at radius 3 is 1.45 bits per heavy atom. The normalized spacial score (nSPS) is 30.6. The molecule has 264 valence electrons. The number of rotatable bonds is 10. The lowest BCUT2D eigenvalue weighted by molar-refractivity contribution is -0.231. The number of fused-ring (bicyclic) bond motifs is 2. The average Bonchev–Trinajstić information content (AvgIpc) is 3.07. The van der Waals surface area contributed by atoms with E-state index in [2.05, 4.69) is 0 Å². The van der Waals surface area contributed by atoms with Crippen molar-refractivity contribution in [3.05, 3.63) is 90.5 Å². The summed E-state index contributed by atoms with van der Waals surface area (Å²) in [4.78, 5) is 25.2. The Morgan fingerprint density at radius 2 is 1.06 bits per heavy atom. The van der Waals surface area contributed by atoms with Crippen molar-refractivity contribution in [2.75, 3.05) is 13.2 Å². The Morgan fingerprint density at radius 1 is 0.653 bits per heavy atom. The van der Waals surface area contributed by atoms with Gasteiger partial charge in [0.25, 0.3) is 0 Å². The number of hydrogen-bond acceptors (Lipinski definition) is 15. The van der Waals surface area contributed by atoms with Gasteiger partial charge in [-0.15, -0.1) is 0 Å². The van der Waals surface area contributed by atoms with E-state index in [9.17, 15) is 40.2 Å². The molecule has 2 aromatic carbocycles. The lowest BCUT2D eigenvalue weighted by atomic mass is 9.99. The van der Waals surface area contributed by atoms with Crippen LogP contribution in [0.4, 0.5) is 0 Å². The topological polar surface area (TPSA) is 219 Å². The zero-order valence-corrected chi connectivity index (χ0v) is 27.7. The molecule has 2 aliphatic heterocycles. The zero-order valence-electron chi connectivity index (χ0n) is 25.3. The molecule has 6 rings (SSSR count). The van der Waals surface area contributed by atoms with Gasteiger partial charge >= 0.3 is 11.3 Å². The molecule has 0 amide bonds. The summed E-state index contributed by atoms with van der Waals surface area (Å²) >= 11 is 13.2. The molecule has 10 atom stereocenters. The largest absolute Gasteiger partial charge is 0.422 e. The summed E-state index contributed by atoms with van der Waals surface area (Å²) in [6.07, 6.45) is -11.7. The molecule has 2 fully saturated rings. The third kappa shape index (κ3) is 7.41. The van der Waals surface area contributed by atoms with Gasteiger partial charge in [-0.1, -0.05) is 47.1 Å². The van der Waals surface area contributed by atoms with Crippen LogP contribution in [-0.4, -0.2) is 104 Å². The van der Waals surface area contributed by atoms with Gasteiger partial charge in [-0.2, -0.15) is 0 Å². The third-order valence-electron chi connectivity index (χ3n) is 8.37. The molecular formula is C32H32Cl2O14S. The highest BCUT2D eigenvalue weighted by atomic mass is 35.5. The lowest BCUT2D eigenvalue weighted by Gasteiger charge is -2.46. The Balaban J connectivity index is 1.18. The fraction of sp³-hybridized carbons (Fsp3) is 0.438. The Bertz CT molecular complexity index is 1770. The van der Waals surface area contributed by atoms with E-state index in [1.54, 1.807) is 36.4 Å². The van der Waals surface area contributed by atoms with Gasteiger partial charge in [0.2, 0.25) is 0 Å². The molecule has 0 spiro atoms. The molecule has 0 aliphatic carbocycles. The number of hydrogen-bond donors (Lipinski definition) is 6.